The van der Waals surface area contributed by atoms with Gasteiger partial charge in [-0.3, -0.25) is 9.59 Å². The number of amides is 1. The lowest BCUT2D eigenvalue weighted by atomic mass is 9.98. The average molecular weight is 408 g/mol. The summed E-state index contributed by atoms with van der Waals surface area (Å²) in [5.41, 5.74) is 3.36. The number of pyridine rings is 1. The fourth-order valence-corrected chi connectivity index (χ4v) is 3.18. The van der Waals surface area contributed by atoms with E-state index in [1.807, 2.05) is 30.3 Å². The smallest absolute Gasteiger partial charge is 0.267 e. The Kier molecular flexibility index (Phi) is 5.21. The fraction of sp³-hybridized carbons (Fsp3) is 0.222. The number of halogens is 2. The van der Waals surface area contributed by atoms with Gasteiger partial charge in [0.15, 0.2) is 0 Å². The molecule has 1 aromatic heterocycles. The van der Waals surface area contributed by atoms with Gasteiger partial charge in [0.1, 0.15) is 5.02 Å². The van der Waals surface area contributed by atoms with Crippen LogP contribution in [0.1, 0.15) is 29.7 Å². The number of carbonyl (C=O) groups excluding carboxylic acids is 1. The lowest BCUT2D eigenvalue weighted by Crippen LogP contribution is -2.23. The molecule has 0 unspecified atom stereocenters. The zero-order valence-corrected chi connectivity index (χ0v) is 15.2. The van der Waals surface area contributed by atoms with Gasteiger partial charge in [-0.05, 0) is 29.7 Å². The maximum Gasteiger partial charge on any atom is 0.267 e. The molecule has 0 aliphatic carbocycles. The molecule has 2 heterocycles. The quantitative estimate of drug-likeness (QED) is 0.760. The Balaban J connectivity index is 2.05. The maximum absolute atomic E-state index is 11.9. The van der Waals surface area contributed by atoms with Crippen LogP contribution in [0, 0.1) is 0 Å². The molecule has 0 saturated carbocycles. The summed E-state index contributed by atoms with van der Waals surface area (Å²) in [6.45, 7) is 0. The molecule has 1 saturated heterocycles. The van der Waals surface area contributed by atoms with Crippen molar-refractivity contribution in [3.05, 3.63) is 74.7 Å². The van der Waals surface area contributed by atoms with Crippen LogP contribution in [-0.2, 0) is 10.1 Å². The number of H-pyrrole nitrogens is 1. The van der Waals surface area contributed by atoms with Gasteiger partial charge in [-0.2, -0.15) is 0 Å². The molecular weight excluding hydrogens is 392 g/mol. The van der Waals surface area contributed by atoms with Crippen LogP contribution in [0.5, 0.6) is 0 Å². The first-order valence-electron chi connectivity index (χ1n) is 7.62. The largest absolute Gasteiger partial charge is 0.350 e. The second kappa shape index (κ2) is 7.36. The second-order valence-electron chi connectivity index (χ2n) is 5.67. The monoisotopic (exact) mass is 406 g/mol. The van der Waals surface area contributed by atoms with Crippen LogP contribution in [0.15, 0.2) is 47.3 Å². The Morgan fingerprint density at radius 2 is 1.96 bits per heavy atom. The highest BCUT2D eigenvalue weighted by Gasteiger charge is 2.20. The average Bonchev–Trinajstić information content (AvgIpc) is 3.00. The van der Waals surface area contributed by atoms with E-state index < -0.39 is 0 Å². The molecule has 3 rings (SSSR count). The van der Waals surface area contributed by atoms with Crippen LogP contribution < -0.4 is 10.9 Å². The summed E-state index contributed by atoms with van der Waals surface area (Å²) in [6, 6.07) is 11.4. The molecule has 0 bridgehead atoms. The molecule has 2 N–H and O–H groups in total. The van der Waals surface area contributed by atoms with Gasteiger partial charge in [0.25, 0.3) is 5.56 Å². The van der Waals surface area contributed by atoms with Gasteiger partial charge in [-0.1, -0.05) is 57.9 Å². The first-order chi connectivity index (χ1) is 11.6. The van der Waals surface area contributed by atoms with Crippen LogP contribution in [-0.4, -0.2) is 16.9 Å². The third-order valence-electron chi connectivity index (χ3n) is 3.97. The zero-order chi connectivity index (χ0) is 17.1. The molecule has 6 heteroatoms. The minimum atomic E-state index is -0.326. The van der Waals surface area contributed by atoms with Crippen molar-refractivity contribution < 1.29 is 4.79 Å². The highest BCUT2D eigenvalue weighted by atomic mass is 79.9. The van der Waals surface area contributed by atoms with Crippen molar-refractivity contribution in [1.29, 1.82) is 0 Å². The van der Waals surface area contributed by atoms with E-state index in [2.05, 4.69) is 26.2 Å². The highest BCUT2D eigenvalue weighted by Crippen LogP contribution is 2.25. The summed E-state index contributed by atoms with van der Waals surface area (Å²) in [5, 5.41) is 3.87. The van der Waals surface area contributed by atoms with Crippen molar-refractivity contribution in [3.8, 4) is 0 Å². The lowest BCUT2D eigenvalue weighted by molar-refractivity contribution is -0.119. The van der Waals surface area contributed by atoms with Gasteiger partial charge in [0.05, 0.1) is 0 Å². The summed E-state index contributed by atoms with van der Waals surface area (Å²) >= 11 is 9.27. The third-order valence-corrected chi connectivity index (χ3v) is 4.91. The topological polar surface area (TPSA) is 62.0 Å². The summed E-state index contributed by atoms with van der Waals surface area (Å²) < 4.78 is 0. The van der Waals surface area contributed by atoms with E-state index in [4.69, 9.17) is 11.6 Å². The van der Waals surface area contributed by atoms with E-state index in [-0.39, 0.29) is 22.5 Å². The second-order valence-corrected chi connectivity index (χ2v) is 6.64. The van der Waals surface area contributed by atoms with Crippen molar-refractivity contribution in [1.82, 2.24) is 10.3 Å². The first kappa shape index (κ1) is 17.0. The van der Waals surface area contributed by atoms with Crippen molar-refractivity contribution in [2.45, 2.75) is 24.2 Å². The number of alkyl halides is 1. The molecular formula is C18H16BrClN2O2. The molecule has 2 aromatic rings. The van der Waals surface area contributed by atoms with Crippen molar-refractivity contribution in [2.75, 3.05) is 0 Å². The van der Waals surface area contributed by atoms with Gasteiger partial charge in [0.2, 0.25) is 5.91 Å². The molecule has 124 valence electrons. The fourth-order valence-electron chi connectivity index (χ4n) is 2.69. The molecule has 4 nitrogen and oxygen atoms in total. The third kappa shape index (κ3) is 3.79. The van der Waals surface area contributed by atoms with Crippen LogP contribution >= 0.6 is 27.5 Å². The van der Waals surface area contributed by atoms with E-state index in [0.717, 1.165) is 28.5 Å². The summed E-state index contributed by atoms with van der Waals surface area (Å²) in [6.07, 6.45) is 3.26. The van der Waals surface area contributed by atoms with Gasteiger partial charge in [-0.25, -0.2) is 0 Å². The molecule has 0 spiro atoms. The Labute approximate surface area is 153 Å². The van der Waals surface area contributed by atoms with Crippen LogP contribution in [0.2, 0.25) is 5.02 Å². The lowest BCUT2D eigenvalue weighted by Gasteiger charge is -2.12. The van der Waals surface area contributed by atoms with Crippen molar-refractivity contribution in [2.24, 2.45) is 0 Å². The van der Waals surface area contributed by atoms with E-state index in [9.17, 15) is 9.59 Å². The van der Waals surface area contributed by atoms with E-state index in [1.54, 1.807) is 12.1 Å². The molecule has 1 aliphatic rings. The van der Waals surface area contributed by atoms with Crippen molar-refractivity contribution in [3.63, 3.8) is 0 Å². The number of aromatic nitrogens is 1. The number of rotatable bonds is 4. The van der Waals surface area contributed by atoms with Crippen LogP contribution in [0.4, 0.5) is 0 Å². The van der Waals surface area contributed by atoms with Gasteiger partial charge in [0, 0.05) is 29.1 Å². The standard InChI is InChI=1S/C18H16BrClN2O2/c19-10-11-1-3-12(4-2-11)14(9-13-5-8-17(23)21-13)16-7-6-15(20)18(24)22-16/h1-4,6-7,9,13H,5,8,10H2,(H,21,23)(H,22,24)/b14-9-/t13-/m1/s1. The van der Waals surface area contributed by atoms with Gasteiger partial charge >= 0.3 is 0 Å². The normalized spacial score (nSPS) is 17.8. The molecule has 1 aromatic carbocycles. The molecule has 24 heavy (non-hydrogen) atoms. The van der Waals surface area contributed by atoms with E-state index in [1.165, 1.54) is 0 Å². The number of carbonyl (C=O) groups is 1. The van der Waals surface area contributed by atoms with Crippen LogP contribution in [0.3, 0.4) is 0 Å². The molecule has 1 amide bonds. The molecule has 0 radical (unpaired) electrons. The SMILES string of the molecule is O=C1CC[C@H](/C=C(/c2ccc(CBr)cc2)c2ccc(Cl)c(=O)[nH]2)N1. The number of nitrogens with one attached hydrogen (secondary N) is 2. The minimum absolute atomic E-state index is 0.0393. The minimum Gasteiger partial charge on any atom is -0.350 e. The van der Waals surface area contributed by atoms with Gasteiger partial charge < -0.3 is 10.3 Å². The first-order valence-corrected chi connectivity index (χ1v) is 9.12. The summed E-state index contributed by atoms with van der Waals surface area (Å²) in [5.74, 6) is 0.0508. The number of benzene rings is 1. The van der Waals surface area contributed by atoms with E-state index >= 15 is 0 Å². The maximum atomic E-state index is 11.9. The Morgan fingerprint density at radius 1 is 1.21 bits per heavy atom. The van der Waals surface area contributed by atoms with E-state index in [0.29, 0.717) is 12.1 Å². The number of hydrogen-bond acceptors (Lipinski definition) is 2. The Bertz CT molecular complexity index is 843. The van der Waals surface area contributed by atoms with Gasteiger partial charge in [-0.15, -0.1) is 0 Å². The molecule has 1 atom stereocenters. The summed E-state index contributed by atoms with van der Waals surface area (Å²) in [4.78, 5) is 26.2. The predicted octanol–water partition coefficient (Wildman–Crippen LogP) is 3.63. The molecule has 1 fully saturated rings. The predicted molar refractivity (Wildman–Crippen MR) is 99.4 cm³/mol. The number of hydrogen-bond donors (Lipinski definition) is 2. The Morgan fingerprint density at radius 3 is 2.54 bits per heavy atom. The van der Waals surface area contributed by atoms with Crippen LogP contribution in [0.25, 0.3) is 5.57 Å². The summed E-state index contributed by atoms with van der Waals surface area (Å²) in [7, 11) is 0. The van der Waals surface area contributed by atoms with Crippen molar-refractivity contribution >= 4 is 39.0 Å². The highest BCUT2D eigenvalue weighted by molar-refractivity contribution is 9.08. The molecule has 1 aliphatic heterocycles. The number of aromatic amines is 1. The Hall–Kier alpha value is -1.85. The zero-order valence-electron chi connectivity index (χ0n) is 12.8.